The zero-order chi connectivity index (χ0) is 9.26. The second kappa shape index (κ2) is 3.33. The number of nitrogens with zero attached hydrogens (tertiary/aromatic N) is 2. The fourth-order valence-corrected chi connectivity index (χ4v) is 1.95. The molecular weight excluding hydrogens is 188 g/mol. The molecule has 68 valence electrons. The van der Waals surface area contributed by atoms with Crippen LogP contribution < -0.4 is 0 Å². The molecule has 1 heterocycles. The molecule has 0 radical (unpaired) electrons. The molecule has 0 N–H and O–H groups in total. The molecular formula is C8H8N2O2S. The van der Waals surface area contributed by atoms with Crippen LogP contribution in [0.25, 0.3) is 0 Å². The highest BCUT2D eigenvalue weighted by molar-refractivity contribution is 8.02. The van der Waals surface area contributed by atoms with E-state index in [1.54, 1.807) is 13.0 Å². The zero-order valence-corrected chi connectivity index (χ0v) is 7.93. The Morgan fingerprint density at radius 3 is 2.85 bits per heavy atom. The lowest BCUT2D eigenvalue weighted by atomic mass is 10.3. The number of hydrogen-bond acceptors (Lipinski definition) is 5. The van der Waals surface area contributed by atoms with Gasteiger partial charge in [0.05, 0.1) is 0 Å². The summed E-state index contributed by atoms with van der Waals surface area (Å²) in [6.07, 6.45) is 3.05. The van der Waals surface area contributed by atoms with Crippen LogP contribution in [0.4, 0.5) is 0 Å². The van der Waals surface area contributed by atoms with Crippen LogP contribution in [0, 0.1) is 6.92 Å². The van der Waals surface area contributed by atoms with E-state index < -0.39 is 0 Å². The molecule has 5 heteroatoms. The second-order valence-electron chi connectivity index (χ2n) is 2.77. The quantitative estimate of drug-likeness (QED) is 0.720. The highest BCUT2D eigenvalue weighted by Gasteiger charge is 2.15. The van der Waals surface area contributed by atoms with Gasteiger partial charge in [-0.05, 0) is 29.2 Å². The molecule has 0 saturated carbocycles. The summed E-state index contributed by atoms with van der Waals surface area (Å²) in [5, 5.41) is 8.04. The first-order valence-corrected chi connectivity index (χ1v) is 4.77. The Labute approximate surface area is 79.4 Å². The number of aromatic nitrogens is 2. The number of hydrogen-bond donors (Lipinski definition) is 0. The van der Waals surface area contributed by atoms with Crippen molar-refractivity contribution in [3.8, 4) is 0 Å². The average molecular weight is 196 g/mol. The smallest absolute Gasteiger partial charge is 0.281 e. The van der Waals surface area contributed by atoms with E-state index in [4.69, 9.17) is 4.42 Å². The van der Waals surface area contributed by atoms with Crippen LogP contribution in [0.3, 0.4) is 0 Å². The number of carbonyl (C=O) groups is 1. The van der Waals surface area contributed by atoms with Crippen LogP contribution >= 0.6 is 11.8 Å². The Morgan fingerprint density at radius 1 is 1.46 bits per heavy atom. The molecule has 0 unspecified atom stereocenters. The van der Waals surface area contributed by atoms with Crippen LogP contribution in [-0.2, 0) is 4.79 Å². The minimum Gasteiger partial charge on any atom is -0.416 e. The van der Waals surface area contributed by atoms with Crippen molar-refractivity contribution in [3.63, 3.8) is 0 Å². The summed E-state index contributed by atoms with van der Waals surface area (Å²) in [7, 11) is 0. The van der Waals surface area contributed by atoms with E-state index in [0.717, 1.165) is 11.3 Å². The normalized spacial score (nSPS) is 16.4. The van der Waals surface area contributed by atoms with E-state index >= 15 is 0 Å². The van der Waals surface area contributed by atoms with E-state index in [0.29, 0.717) is 17.5 Å². The fourth-order valence-electron chi connectivity index (χ4n) is 1.08. The predicted octanol–water partition coefficient (Wildman–Crippen LogP) is 1.72. The maximum Gasteiger partial charge on any atom is 0.281 e. The summed E-state index contributed by atoms with van der Waals surface area (Å²) >= 11 is 1.38. The van der Waals surface area contributed by atoms with Gasteiger partial charge in [0, 0.05) is 13.3 Å². The number of allylic oxidation sites excluding steroid dienone is 2. The van der Waals surface area contributed by atoms with Crippen molar-refractivity contribution >= 4 is 17.5 Å². The van der Waals surface area contributed by atoms with Gasteiger partial charge in [0.15, 0.2) is 5.78 Å². The largest absolute Gasteiger partial charge is 0.416 e. The first-order valence-electron chi connectivity index (χ1n) is 3.95. The molecule has 0 spiro atoms. The number of thioether (sulfide) groups is 1. The Bertz CT molecular complexity index is 370. The third kappa shape index (κ3) is 1.98. The summed E-state index contributed by atoms with van der Waals surface area (Å²) in [5.74, 6) is 0.728. The molecule has 13 heavy (non-hydrogen) atoms. The maximum atomic E-state index is 10.9. The fraction of sp³-hybridized carbons (Fsp3) is 0.375. The van der Waals surface area contributed by atoms with E-state index in [1.807, 2.05) is 0 Å². The highest BCUT2D eigenvalue weighted by atomic mass is 32.2. The van der Waals surface area contributed by atoms with Gasteiger partial charge in [-0.25, -0.2) is 0 Å². The standard InChI is InChI=1S/C8H8N2O2S/c1-5-9-10-8(12-5)13-7-3-2-6(11)4-7/h4H,2-3H2,1H3. The van der Waals surface area contributed by atoms with Gasteiger partial charge in [-0.1, -0.05) is 0 Å². The van der Waals surface area contributed by atoms with Crippen molar-refractivity contribution in [3.05, 3.63) is 16.9 Å². The molecule has 4 nitrogen and oxygen atoms in total. The molecule has 0 amide bonds. The highest BCUT2D eigenvalue weighted by Crippen LogP contribution is 2.31. The van der Waals surface area contributed by atoms with E-state index in [-0.39, 0.29) is 5.78 Å². The Kier molecular flexibility index (Phi) is 2.18. The minimum absolute atomic E-state index is 0.179. The van der Waals surface area contributed by atoms with Crippen molar-refractivity contribution in [2.45, 2.75) is 25.0 Å². The minimum atomic E-state index is 0.179. The number of rotatable bonds is 2. The van der Waals surface area contributed by atoms with Gasteiger partial charge >= 0.3 is 0 Å². The van der Waals surface area contributed by atoms with Gasteiger partial charge < -0.3 is 4.42 Å². The molecule has 1 aliphatic carbocycles. The monoisotopic (exact) mass is 196 g/mol. The molecule has 2 rings (SSSR count). The summed E-state index contributed by atoms with van der Waals surface area (Å²) in [5.41, 5.74) is 0. The van der Waals surface area contributed by atoms with Crippen molar-refractivity contribution < 1.29 is 9.21 Å². The lowest BCUT2D eigenvalue weighted by molar-refractivity contribution is -0.114. The summed E-state index contributed by atoms with van der Waals surface area (Å²) in [4.78, 5) is 11.9. The molecule has 1 aromatic rings. The van der Waals surface area contributed by atoms with Gasteiger partial charge in [0.2, 0.25) is 5.89 Å². The van der Waals surface area contributed by atoms with Crippen molar-refractivity contribution in [1.82, 2.24) is 10.2 Å². The molecule has 0 atom stereocenters. The molecule has 1 aromatic heterocycles. The second-order valence-corrected chi connectivity index (χ2v) is 3.84. The van der Waals surface area contributed by atoms with Crippen molar-refractivity contribution in [2.24, 2.45) is 0 Å². The van der Waals surface area contributed by atoms with Crippen molar-refractivity contribution in [2.75, 3.05) is 0 Å². The number of ketones is 1. The summed E-state index contributed by atoms with van der Waals surface area (Å²) in [6, 6.07) is 0. The molecule has 0 aliphatic heterocycles. The van der Waals surface area contributed by atoms with Crippen LogP contribution in [0.15, 0.2) is 20.6 Å². The molecule has 0 fully saturated rings. The first kappa shape index (κ1) is 8.50. The number of carbonyl (C=O) groups excluding carboxylic acids is 1. The lowest BCUT2D eigenvalue weighted by Gasteiger charge is -1.92. The molecule has 1 aliphatic rings. The zero-order valence-electron chi connectivity index (χ0n) is 7.11. The Hall–Kier alpha value is -1.10. The van der Waals surface area contributed by atoms with Crippen LogP contribution in [-0.4, -0.2) is 16.0 Å². The SMILES string of the molecule is Cc1nnc(SC2=CC(=O)CC2)o1. The van der Waals surface area contributed by atoms with Crippen molar-refractivity contribution in [1.29, 1.82) is 0 Å². The lowest BCUT2D eigenvalue weighted by Crippen LogP contribution is -1.80. The van der Waals surface area contributed by atoms with Crippen LogP contribution in [0.2, 0.25) is 0 Å². The topological polar surface area (TPSA) is 56.0 Å². The summed E-state index contributed by atoms with van der Waals surface area (Å²) in [6.45, 7) is 1.74. The van der Waals surface area contributed by atoms with Crippen LogP contribution in [0.5, 0.6) is 0 Å². The van der Waals surface area contributed by atoms with Crippen LogP contribution in [0.1, 0.15) is 18.7 Å². The van der Waals surface area contributed by atoms with Gasteiger partial charge in [-0.3, -0.25) is 4.79 Å². The van der Waals surface area contributed by atoms with Gasteiger partial charge in [-0.2, -0.15) is 0 Å². The predicted molar refractivity (Wildman–Crippen MR) is 47.2 cm³/mol. The average Bonchev–Trinajstić information content (AvgIpc) is 2.62. The molecule has 0 bridgehead atoms. The van der Waals surface area contributed by atoms with Gasteiger partial charge in [0.1, 0.15) is 0 Å². The summed E-state index contributed by atoms with van der Waals surface area (Å²) < 4.78 is 5.17. The van der Waals surface area contributed by atoms with Gasteiger partial charge in [-0.15, -0.1) is 10.2 Å². The van der Waals surface area contributed by atoms with Gasteiger partial charge in [0.25, 0.3) is 5.22 Å². The van der Waals surface area contributed by atoms with E-state index in [9.17, 15) is 4.79 Å². The number of aryl methyl sites for hydroxylation is 1. The Morgan fingerprint density at radius 2 is 2.31 bits per heavy atom. The van der Waals surface area contributed by atoms with E-state index in [2.05, 4.69) is 10.2 Å². The Balaban J connectivity index is 2.06. The molecule has 0 saturated heterocycles. The van der Waals surface area contributed by atoms with E-state index in [1.165, 1.54) is 11.8 Å². The maximum absolute atomic E-state index is 10.9. The first-order chi connectivity index (χ1) is 6.24. The third-order valence-electron chi connectivity index (χ3n) is 1.67. The molecule has 0 aromatic carbocycles. The third-order valence-corrected chi connectivity index (χ3v) is 2.59.